The van der Waals surface area contributed by atoms with Gasteiger partial charge >= 0.3 is 0 Å². The van der Waals surface area contributed by atoms with Crippen molar-refractivity contribution in [1.82, 2.24) is 0 Å². The topological polar surface area (TPSA) is 3.24 Å². The minimum absolute atomic E-state index is 0.547. The number of benzene rings is 11. The van der Waals surface area contributed by atoms with E-state index in [2.05, 4.69) is 229 Å². The number of hydrogen-bond donors (Lipinski definition) is 0. The Morgan fingerprint density at radius 3 is 1.63 bits per heavy atom. The molecule has 1 unspecified atom stereocenters. The van der Waals surface area contributed by atoms with Crippen LogP contribution in [-0.2, 0) is 5.41 Å². The van der Waals surface area contributed by atoms with Crippen LogP contribution in [0.25, 0.3) is 76.5 Å². The van der Waals surface area contributed by atoms with Gasteiger partial charge in [0.15, 0.2) is 0 Å². The van der Waals surface area contributed by atoms with Gasteiger partial charge in [-0.1, -0.05) is 206 Å². The first-order chi connectivity index (χ1) is 29.8. The Hall–Kier alpha value is -7.74. The van der Waals surface area contributed by atoms with Crippen LogP contribution >= 0.6 is 0 Å². The third-order valence-corrected chi connectivity index (χ3v) is 13.4. The molecule has 1 heteroatoms. The van der Waals surface area contributed by atoms with Crippen molar-refractivity contribution in [2.75, 3.05) is 4.90 Å². The molecular weight excluding hydrogens is 723 g/mol. The van der Waals surface area contributed by atoms with Crippen LogP contribution in [0.3, 0.4) is 0 Å². The maximum Gasteiger partial charge on any atom is 0.0725 e. The van der Waals surface area contributed by atoms with E-state index in [9.17, 15) is 0 Å². The maximum atomic E-state index is 2.55. The molecule has 0 saturated carbocycles. The summed E-state index contributed by atoms with van der Waals surface area (Å²) in [5.74, 6) is 0. The van der Waals surface area contributed by atoms with Gasteiger partial charge in [-0.25, -0.2) is 0 Å². The molecule has 2 aliphatic carbocycles. The summed E-state index contributed by atoms with van der Waals surface area (Å²) in [4.78, 5) is 2.55. The van der Waals surface area contributed by atoms with E-state index in [4.69, 9.17) is 0 Å². The summed E-state index contributed by atoms with van der Waals surface area (Å²) in [7, 11) is 0. The molecule has 0 bridgehead atoms. The average Bonchev–Trinajstić information content (AvgIpc) is 3.32. The molecule has 11 aromatic carbocycles. The number of anilines is 3. The van der Waals surface area contributed by atoms with E-state index in [0.29, 0.717) is 0 Å². The maximum absolute atomic E-state index is 2.55. The van der Waals surface area contributed by atoms with Crippen LogP contribution in [0.4, 0.5) is 17.1 Å². The van der Waals surface area contributed by atoms with Crippen molar-refractivity contribution in [2.45, 2.75) is 5.41 Å². The molecule has 1 spiro atoms. The molecule has 1 nitrogen and oxygen atoms in total. The zero-order valence-electron chi connectivity index (χ0n) is 32.8. The van der Waals surface area contributed by atoms with Crippen molar-refractivity contribution in [2.24, 2.45) is 0 Å². The van der Waals surface area contributed by atoms with Crippen LogP contribution in [0, 0.1) is 0 Å². The predicted octanol–water partition coefficient (Wildman–Crippen LogP) is 15.8. The van der Waals surface area contributed by atoms with Crippen LogP contribution in [-0.4, -0.2) is 0 Å². The molecule has 60 heavy (non-hydrogen) atoms. The van der Waals surface area contributed by atoms with Gasteiger partial charge in [0.25, 0.3) is 0 Å². The largest absolute Gasteiger partial charge is 0.309 e. The summed E-state index contributed by atoms with van der Waals surface area (Å²) in [5, 5.41) is 9.99. The summed E-state index contributed by atoms with van der Waals surface area (Å²) in [6.45, 7) is 0. The van der Waals surface area contributed by atoms with Crippen molar-refractivity contribution in [1.29, 1.82) is 0 Å². The molecule has 1 atom stereocenters. The van der Waals surface area contributed by atoms with Gasteiger partial charge in [0.05, 0.1) is 16.8 Å². The van der Waals surface area contributed by atoms with Crippen molar-refractivity contribution in [3.8, 4) is 33.4 Å². The Bertz CT molecular complexity index is 3560. The Labute approximate surface area is 349 Å². The SMILES string of the molecule is c1ccc(-c2ccc3ccccc3c2N(c2ccc3ccccc3c2)c2ccc3c4c(cccc24)C2(c4ccccc4-c4cccc5cccc2c45)c2ccccc2-3)cc1. The molecular formula is C59H37N. The zero-order chi connectivity index (χ0) is 39.4. The van der Waals surface area contributed by atoms with Crippen molar-refractivity contribution in [3.63, 3.8) is 0 Å². The smallest absolute Gasteiger partial charge is 0.0725 e. The molecule has 0 heterocycles. The molecule has 278 valence electrons. The quantitative estimate of drug-likeness (QED) is 0.173. The monoisotopic (exact) mass is 759 g/mol. The highest BCUT2D eigenvalue weighted by Gasteiger charge is 2.48. The number of nitrogens with zero attached hydrogens (tertiary/aromatic N) is 1. The van der Waals surface area contributed by atoms with E-state index in [0.717, 1.165) is 11.4 Å². The summed E-state index contributed by atoms with van der Waals surface area (Å²) in [5.41, 5.74) is 15.8. The Morgan fingerprint density at radius 2 is 0.833 bits per heavy atom. The first-order valence-electron chi connectivity index (χ1n) is 20.9. The molecule has 13 rings (SSSR count). The number of hydrogen-bond acceptors (Lipinski definition) is 1. The van der Waals surface area contributed by atoms with Gasteiger partial charge in [-0.2, -0.15) is 0 Å². The fourth-order valence-electron chi connectivity index (χ4n) is 11.0. The lowest BCUT2D eigenvalue weighted by molar-refractivity contribution is 0.754. The molecule has 11 aromatic rings. The van der Waals surface area contributed by atoms with Crippen molar-refractivity contribution in [3.05, 3.63) is 247 Å². The fourth-order valence-corrected chi connectivity index (χ4v) is 11.0. The molecule has 0 saturated heterocycles. The highest BCUT2D eigenvalue weighted by molar-refractivity contribution is 6.16. The third-order valence-electron chi connectivity index (χ3n) is 13.4. The Morgan fingerprint density at radius 1 is 0.300 bits per heavy atom. The van der Waals surface area contributed by atoms with Gasteiger partial charge in [0, 0.05) is 22.0 Å². The molecule has 0 aliphatic heterocycles. The molecule has 0 N–H and O–H groups in total. The summed E-state index contributed by atoms with van der Waals surface area (Å²) >= 11 is 0. The lowest BCUT2D eigenvalue weighted by Gasteiger charge is -2.46. The highest BCUT2D eigenvalue weighted by Crippen LogP contribution is 2.62. The van der Waals surface area contributed by atoms with Crippen LogP contribution < -0.4 is 4.90 Å². The van der Waals surface area contributed by atoms with Gasteiger partial charge in [-0.3, -0.25) is 0 Å². The van der Waals surface area contributed by atoms with E-state index in [1.807, 2.05) is 0 Å². The Kier molecular flexibility index (Phi) is 7.00. The second kappa shape index (κ2) is 12.6. The van der Waals surface area contributed by atoms with E-state index >= 15 is 0 Å². The van der Waals surface area contributed by atoms with E-state index < -0.39 is 5.41 Å². The number of fused-ring (bicyclic) bond motifs is 10. The number of rotatable bonds is 4. The molecule has 0 fully saturated rings. The van der Waals surface area contributed by atoms with Crippen LogP contribution in [0.2, 0.25) is 0 Å². The van der Waals surface area contributed by atoms with Crippen molar-refractivity contribution < 1.29 is 0 Å². The highest BCUT2D eigenvalue weighted by atomic mass is 15.1. The van der Waals surface area contributed by atoms with Gasteiger partial charge in [0.1, 0.15) is 0 Å². The van der Waals surface area contributed by atoms with Crippen LogP contribution in [0.15, 0.2) is 224 Å². The zero-order valence-corrected chi connectivity index (χ0v) is 32.8. The summed E-state index contributed by atoms with van der Waals surface area (Å²) < 4.78 is 0. The van der Waals surface area contributed by atoms with E-state index in [1.54, 1.807) is 0 Å². The fraction of sp³-hybridized carbons (Fsp3) is 0.0169. The predicted molar refractivity (Wildman–Crippen MR) is 253 cm³/mol. The lowest BCUT2D eigenvalue weighted by atomic mass is 9.55. The van der Waals surface area contributed by atoms with Crippen LogP contribution in [0.5, 0.6) is 0 Å². The van der Waals surface area contributed by atoms with E-state index in [-0.39, 0.29) is 0 Å². The first-order valence-corrected chi connectivity index (χ1v) is 20.9. The second-order valence-electron chi connectivity index (χ2n) is 16.3. The minimum atomic E-state index is -0.547. The molecule has 0 aromatic heterocycles. The second-order valence-corrected chi connectivity index (χ2v) is 16.3. The van der Waals surface area contributed by atoms with Gasteiger partial charge in [0.2, 0.25) is 0 Å². The summed E-state index contributed by atoms with van der Waals surface area (Å²) in [6.07, 6.45) is 0. The lowest BCUT2D eigenvalue weighted by Crippen LogP contribution is -2.36. The first kappa shape index (κ1) is 33.3. The minimum Gasteiger partial charge on any atom is -0.309 e. The molecule has 0 radical (unpaired) electrons. The van der Waals surface area contributed by atoms with Crippen LogP contribution in [0.1, 0.15) is 22.3 Å². The van der Waals surface area contributed by atoms with Gasteiger partial charge in [-0.15, -0.1) is 0 Å². The van der Waals surface area contributed by atoms with Crippen molar-refractivity contribution >= 4 is 60.2 Å². The standard InChI is InChI=1S/C59H37N/c1-2-16-39(17-3-1)45-34-32-40-18-6-7-22-44(40)58(45)60(43-33-31-38-15-4-5-19-42(38)37-43)55-36-35-49-47-24-9-11-28-52(47)59(54-30-14-26-50(55)57(49)54)51-27-10-8-23-46(51)48-25-12-20-41-21-13-29-53(59)56(41)48/h1-37H. The van der Waals surface area contributed by atoms with Gasteiger partial charge in [-0.05, 0) is 101 Å². The third kappa shape index (κ3) is 4.47. The molecule has 2 aliphatic rings. The van der Waals surface area contributed by atoms with Gasteiger partial charge < -0.3 is 4.90 Å². The normalized spacial score (nSPS) is 14.7. The summed E-state index contributed by atoms with van der Waals surface area (Å²) in [6, 6.07) is 83.9. The average molecular weight is 760 g/mol. The molecule has 0 amide bonds. The van der Waals surface area contributed by atoms with E-state index in [1.165, 1.54) is 104 Å². The Balaban J connectivity index is 1.19.